The molecule has 1 heterocycles. The first kappa shape index (κ1) is 13.8. The number of hydrogen-bond acceptors (Lipinski definition) is 4. The quantitative estimate of drug-likeness (QED) is 0.879. The van der Waals surface area contributed by atoms with Gasteiger partial charge in [-0.15, -0.1) is 11.3 Å². The summed E-state index contributed by atoms with van der Waals surface area (Å²) in [6, 6.07) is 13.9. The smallest absolute Gasteiger partial charge is 0.0991 e. The topological polar surface area (TPSA) is 47.3 Å². The molecule has 19 heavy (non-hydrogen) atoms. The van der Waals surface area contributed by atoms with Crippen LogP contribution in [0.2, 0.25) is 0 Å². The first-order chi connectivity index (χ1) is 9.31. The van der Waals surface area contributed by atoms with E-state index in [9.17, 15) is 0 Å². The van der Waals surface area contributed by atoms with Crippen LogP contribution in [0.15, 0.2) is 41.8 Å². The molecule has 98 valence electrons. The third kappa shape index (κ3) is 4.18. The maximum absolute atomic E-state index is 9.14. The lowest BCUT2D eigenvalue weighted by Gasteiger charge is -2.20. The standard InChI is InChI=1S/C15H16N2OS/c16-10-13-3-5-14(6-4-13)11-17(7-8-18)12-15-2-1-9-19-15/h1-6,9,18H,7-8,11-12H2. The Balaban J connectivity index is 2.01. The van der Waals surface area contributed by atoms with Gasteiger partial charge in [0.2, 0.25) is 0 Å². The SMILES string of the molecule is N#Cc1ccc(CN(CCO)Cc2cccs2)cc1. The Morgan fingerprint density at radius 2 is 1.95 bits per heavy atom. The normalized spacial score (nSPS) is 10.6. The summed E-state index contributed by atoms with van der Waals surface area (Å²) >= 11 is 1.73. The zero-order valence-corrected chi connectivity index (χ0v) is 11.4. The van der Waals surface area contributed by atoms with Crippen LogP contribution in [-0.2, 0) is 13.1 Å². The maximum Gasteiger partial charge on any atom is 0.0991 e. The van der Waals surface area contributed by atoms with Gasteiger partial charge in [-0.2, -0.15) is 5.26 Å². The van der Waals surface area contributed by atoms with Gasteiger partial charge in [0, 0.05) is 24.5 Å². The van der Waals surface area contributed by atoms with Gasteiger partial charge < -0.3 is 5.11 Å². The molecule has 3 nitrogen and oxygen atoms in total. The van der Waals surface area contributed by atoms with E-state index in [0.717, 1.165) is 18.7 Å². The van der Waals surface area contributed by atoms with E-state index in [1.807, 2.05) is 30.3 Å². The van der Waals surface area contributed by atoms with Crippen molar-refractivity contribution in [2.45, 2.75) is 13.1 Å². The van der Waals surface area contributed by atoms with Crippen molar-refractivity contribution in [2.24, 2.45) is 0 Å². The fourth-order valence-corrected chi connectivity index (χ4v) is 2.67. The summed E-state index contributed by atoms with van der Waals surface area (Å²) in [5.41, 5.74) is 1.83. The molecule has 0 fully saturated rings. The average Bonchev–Trinajstić information content (AvgIpc) is 2.93. The van der Waals surface area contributed by atoms with Gasteiger partial charge in [0.1, 0.15) is 0 Å². The summed E-state index contributed by atoms with van der Waals surface area (Å²) in [6.07, 6.45) is 0. The molecular weight excluding hydrogens is 256 g/mol. The van der Waals surface area contributed by atoms with Crippen molar-refractivity contribution < 1.29 is 5.11 Å². The Hall–Kier alpha value is -1.67. The number of nitrogens with zero attached hydrogens (tertiary/aromatic N) is 2. The van der Waals surface area contributed by atoms with Crippen LogP contribution in [-0.4, -0.2) is 23.2 Å². The summed E-state index contributed by atoms with van der Waals surface area (Å²) in [6.45, 7) is 2.43. The second-order valence-corrected chi connectivity index (χ2v) is 5.35. The van der Waals surface area contributed by atoms with Gasteiger partial charge in [-0.3, -0.25) is 4.90 Å². The molecule has 0 spiro atoms. The molecule has 0 amide bonds. The average molecular weight is 272 g/mol. The van der Waals surface area contributed by atoms with Crippen molar-refractivity contribution in [1.29, 1.82) is 5.26 Å². The Labute approximate surface area is 117 Å². The molecular formula is C15H16N2OS. The number of benzene rings is 1. The van der Waals surface area contributed by atoms with Gasteiger partial charge in [-0.25, -0.2) is 0 Å². The van der Waals surface area contributed by atoms with E-state index >= 15 is 0 Å². The number of hydrogen-bond donors (Lipinski definition) is 1. The van der Waals surface area contributed by atoms with E-state index in [1.165, 1.54) is 4.88 Å². The minimum atomic E-state index is 0.154. The lowest BCUT2D eigenvalue weighted by Crippen LogP contribution is -2.25. The fraction of sp³-hybridized carbons (Fsp3) is 0.267. The first-order valence-corrected chi connectivity index (χ1v) is 7.04. The van der Waals surface area contributed by atoms with Crippen LogP contribution >= 0.6 is 11.3 Å². The molecule has 1 N–H and O–H groups in total. The molecule has 0 saturated carbocycles. The summed E-state index contributed by atoms with van der Waals surface area (Å²) in [5.74, 6) is 0. The predicted octanol–water partition coefficient (Wildman–Crippen LogP) is 2.61. The molecule has 1 aromatic carbocycles. The summed E-state index contributed by atoms with van der Waals surface area (Å²) < 4.78 is 0. The van der Waals surface area contributed by atoms with Crippen LogP contribution in [0.1, 0.15) is 16.0 Å². The Kier molecular flexibility index (Phi) is 5.10. The summed E-state index contributed by atoms with van der Waals surface area (Å²) in [7, 11) is 0. The molecule has 2 aromatic rings. The Bertz CT molecular complexity index is 528. The minimum absolute atomic E-state index is 0.154. The molecule has 1 aromatic heterocycles. The van der Waals surface area contributed by atoms with Gasteiger partial charge in [-0.1, -0.05) is 18.2 Å². The molecule has 0 radical (unpaired) electrons. The first-order valence-electron chi connectivity index (χ1n) is 6.16. The Morgan fingerprint density at radius 1 is 1.16 bits per heavy atom. The number of aliphatic hydroxyl groups excluding tert-OH is 1. The van der Waals surface area contributed by atoms with E-state index in [-0.39, 0.29) is 6.61 Å². The zero-order chi connectivity index (χ0) is 13.5. The lowest BCUT2D eigenvalue weighted by atomic mass is 10.1. The van der Waals surface area contributed by atoms with Crippen LogP contribution < -0.4 is 0 Å². The molecule has 0 unspecified atom stereocenters. The molecule has 2 rings (SSSR count). The molecule has 0 aliphatic heterocycles. The maximum atomic E-state index is 9.14. The third-order valence-corrected chi connectivity index (χ3v) is 3.73. The van der Waals surface area contributed by atoms with Gasteiger partial charge in [0.15, 0.2) is 0 Å². The molecule has 0 saturated heterocycles. The van der Waals surface area contributed by atoms with Crippen LogP contribution in [0.5, 0.6) is 0 Å². The largest absolute Gasteiger partial charge is 0.395 e. The molecule has 4 heteroatoms. The van der Waals surface area contributed by atoms with E-state index in [1.54, 1.807) is 11.3 Å². The molecule has 0 atom stereocenters. The van der Waals surface area contributed by atoms with Gasteiger partial charge >= 0.3 is 0 Å². The molecule has 0 bridgehead atoms. The second-order valence-electron chi connectivity index (χ2n) is 4.32. The van der Waals surface area contributed by atoms with Gasteiger partial charge in [0.05, 0.1) is 18.2 Å². The van der Waals surface area contributed by atoms with E-state index in [0.29, 0.717) is 12.1 Å². The monoisotopic (exact) mass is 272 g/mol. The van der Waals surface area contributed by atoms with Crippen LogP contribution in [0.3, 0.4) is 0 Å². The van der Waals surface area contributed by atoms with E-state index < -0.39 is 0 Å². The minimum Gasteiger partial charge on any atom is -0.395 e. The predicted molar refractivity (Wildman–Crippen MR) is 76.7 cm³/mol. The molecule has 0 aliphatic carbocycles. The summed E-state index contributed by atoms with van der Waals surface area (Å²) in [4.78, 5) is 3.50. The fourth-order valence-electron chi connectivity index (χ4n) is 1.92. The van der Waals surface area contributed by atoms with Gasteiger partial charge in [0.25, 0.3) is 0 Å². The van der Waals surface area contributed by atoms with Crippen molar-refractivity contribution in [3.05, 3.63) is 57.8 Å². The zero-order valence-electron chi connectivity index (χ0n) is 10.6. The van der Waals surface area contributed by atoms with E-state index in [2.05, 4.69) is 22.4 Å². The number of rotatable bonds is 6. The number of nitriles is 1. The van der Waals surface area contributed by atoms with Gasteiger partial charge in [-0.05, 0) is 29.1 Å². The lowest BCUT2D eigenvalue weighted by molar-refractivity contribution is 0.185. The van der Waals surface area contributed by atoms with Crippen LogP contribution in [0, 0.1) is 11.3 Å². The number of thiophene rings is 1. The number of aliphatic hydroxyl groups is 1. The highest BCUT2D eigenvalue weighted by molar-refractivity contribution is 7.09. The van der Waals surface area contributed by atoms with Crippen LogP contribution in [0.4, 0.5) is 0 Å². The highest BCUT2D eigenvalue weighted by Crippen LogP contribution is 2.14. The summed E-state index contributed by atoms with van der Waals surface area (Å²) in [5, 5.41) is 20.0. The highest BCUT2D eigenvalue weighted by Gasteiger charge is 2.07. The van der Waals surface area contributed by atoms with Crippen molar-refractivity contribution in [2.75, 3.05) is 13.2 Å². The highest BCUT2D eigenvalue weighted by atomic mass is 32.1. The second kappa shape index (κ2) is 7.05. The van der Waals surface area contributed by atoms with Crippen LogP contribution in [0.25, 0.3) is 0 Å². The van der Waals surface area contributed by atoms with Crippen molar-refractivity contribution in [3.63, 3.8) is 0 Å². The van der Waals surface area contributed by atoms with Crippen molar-refractivity contribution in [1.82, 2.24) is 4.90 Å². The van der Waals surface area contributed by atoms with Crippen molar-refractivity contribution >= 4 is 11.3 Å². The molecule has 0 aliphatic rings. The van der Waals surface area contributed by atoms with E-state index in [4.69, 9.17) is 10.4 Å². The Morgan fingerprint density at radius 3 is 2.53 bits per heavy atom. The third-order valence-electron chi connectivity index (χ3n) is 2.86. The van der Waals surface area contributed by atoms with Crippen molar-refractivity contribution in [3.8, 4) is 6.07 Å².